The van der Waals surface area contributed by atoms with E-state index in [0.717, 1.165) is 42.8 Å². The summed E-state index contributed by atoms with van der Waals surface area (Å²) in [6.45, 7) is 6.75. The summed E-state index contributed by atoms with van der Waals surface area (Å²) in [6, 6.07) is 11.4. The maximum absolute atomic E-state index is 12.5. The number of hydrogen-bond acceptors (Lipinski definition) is 7. The molecule has 8 heteroatoms. The Morgan fingerprint density at radius 3 is 2.65 bits per heavy atom. The smallest absolute Gasteiger partial charge is 0.241 e. The van der Waals surface area contributed by atoms with Crippen LogP contribution in [0.2, 0.25) is 0 Å². The fourth-order valence-electron chi connectivity index (χ4n) is 3.62. The Bertz CT molecular complexity index is 993. The summed E-state index contributed by atoms with van der Waals surface area (Å²) in [6.07, 6.45) is 3.33. The van der Waals surface area contributed by atoms with E-state index in [9.17, 15) is 4.79 Å². The number of likely N-dealkylation sites (tertiary alicyclic amines) is 1. The molecule has 1 fully saturated rings. The molecule has 1 amide bonds. The minimum atomic E-state index is -0.0125. The molecule has 1 aromatic carbocycles. The molecular weight excluding hydrogens is 394 g/mol. The van der Waals surface area contributed by atoms with Crippen molar-refractivity contribution in [1.82, 2.24) is 20.0 Å². The van der Waals surface area contributed by atoms with Gasteiger partial charge >= 0.3 is 0 Å². The molecule has 0 aliphatic carbocycles. The molecule has 1 aliphatic rings. The highest BCUT2D eigenvalue weighted by Gasteiger charge is 2.26. The number of aryl methyl sites for hydroxylation is 1. The fourth-order valence-corrected chi connectivity index (χ4v) is 3.62. The number of carbonyl (C=O) groups is 1. The van der Waals surface area contributed by atoms with Gasteiger partial charge < -0.3 is 14.6 Å². The first-order valence-electron chi connectivity index (χ1n) is 10.6. The Morgan fingerprint density at radius 2 is 1.97 bits per heavy atom. The molecule has 1 N–H and O–H groups in total. The first-order chi connectivity index (χ1) is 15.1. The number of nitrogens with zero attached hydrogens (tertiary/aromatic N) is 4. The number of pyridine rings is 1. The number of anilines is 1. The lowest BCUT2D eigenvalue weighted by molar-refractivity contribution is -0.121. The Balaban J connectivity index is 1.27. The van der Waals surface area contributed by atoms with Crippen LogP contribution in [0.15, 0.2) is 47.1 Å². The van der Waals surface area contributed by atoms with Crippen molar-refractivity contribution in [3.05, 3.63) is 54.0 Å². The quantitative estimate of drug-likeness (QED) is 0.622. The maximum Gasteiger partial charge on any atom is 0.241 e. The summed E-state index contributed by atoms with van der Waals surface area (Å²) in [5, 5.41) is 7.02. The van der Waals surface area contributed by atoms with Gasteiger partial charge in [0, 0.05) is 17.7 Å². The first-order valence-corrected chi connectivity index (χ1v) is 10.6. The molecule has 1 saturated heterocycles. The molecule has 4 rings (SSSR count). The van der Waals surface area contributed by atoms with Crippen LogP contribution < -0.4 is 10.1 Å². The summed E-state index contributed by atoms with van der Waals surface area (Å²) in [7, 11) is 0. The van der Waals surface area contributed by atoms with Gasteiger partial charge in [-0.1, -0.05) is 11.2 Å². The number of nitrogens with one attached hydrogen (secondary N) is 1. The standard InChI is InChI=1S/C23H27N5O3/c1-3-30-19-7-5-17(6-8-19)22-26-21(31-27-22)15-28-12-10-18(11-13-28)23(29)25-20-9-4-16(2)14-24-20/h4-9,14,18H,3,10-13,15H2,1-2H3,(H,24,25,29). The zero-order valence-electron chi connectivity index (χ0n) is 17.9. The van der Waals surface area contributed by atoms with Gasteiger partial charge in [-0.2, -0.15) is 4.98 Å². The third-order valence-electron chi connectivity index (χ3n) is 5.37. The van der Waals surface area contributed by atoms with E-state index in [0.29, 0.717) is 30.7 Å². The van der Waals surface area contributed by atoms with Gasteiger partial charge in [0.15, 0.2) is 0 Å². The molecule has 3 aromatic rings. The second kappa shape index (κ2) is 9.70. The molecule has 0 radical (unpaired) electrons. The Hall–Kier alpha value is -3.26. The second-order valence-corrected chi connectivity index (χ2v) is 7.73. The molecule has 0 atom stereocenters. The van der Waals surface area contributed by atoms with Crippen LogP contribution in [0.1, 0.15) is 31.2 Å². The summed E-state index contributed by atoms with van der Waals surface area (Å²) >= 11 is 0. The van der Waals surface area contributed by atoms with Crippen molar-refractivity contribution in [2.75, 3.05) is 25.0 Å². The van der Waals surface area contributed by atoms with E-state index in [2.05, 4.69) is 25.3 Å². The minimum absolute atomic E-state index is 0.0125. The van der Waals surface area contributed by atoms with E-state index in [1.54, 1.807) is 6.20 Å². The lowest BCUT2D eigenvalue weighted by Gasteiger charge is -2.30. The van der Waals surface area contributed by atoms with Crippen LogP contribution in [0.4, 0.5) is 5.82 Å². The molecule has 0 bridgehead atoms. The number of aromatic nitrogens is 3. The number of rotatable bonds is 7. The second-order valence-electron chi connectivity index (χ2n) is 7.73. The molecule has 31 heavy (non-hydrogen) atoms. The fraction of sp³-hybridized carbons (Fsp3) is 0.391. The van der Waals surface area contributed by atoms with E-state index < -0.39 is 0 Å². The number of hydrogen-bond donors (Lipinski definition) is 1. The van der Waals surface area contributed by atoms with Gasteiger partial charge in [0.1, 0.15) is 11.6 Å². The molecule has 3 heterocycles. The van der Waals surface area contributed by atoms with E-state index in [-0.39, 0.29) is 11.8 Å². The van der Waals surface area contributed by atoms with Gasteiger partial charge in [-0.25, -0.2) is 4.98 Å². The Morgan fingerprint density at radius 1 is 1.19 bits per heavy atom. The van der Waals surface area contributed by atoms with Crippen molar-refractivity contribution in [1.29, 1.82) is 0 Å². The predicted octanol–water partition coefficient (Wildman–Crippen LogP) is 3.69. The van der Waals surface area contributed by atoms with Gasteiger partial charge in [0.2, 0.25) is 17.6 Å². The van der Waals surface area contributed by atoms with Crippen LogP contribution in [0, 0.1) is 12.8 Å². The molecule has 0 unspecified atom stereocenters. The molecule has 162 valence electrons. The van der Waals surface area contributed by atoms with Crippen molar-refractivity contribution in [3.8, 4) is 17.1 Å². The third-order valence-corrected chi connectivity index (χ3v) is 5.37. The van der Waals surface area contributed by atoms with E-state index >= 15 is 0 Å². The highest BCUT2D eigenvalue weighted by Crippen LogP contribution is 2.23. The van der Waals surface area contributed by atoms with E-state index in [1.165, 1.54) is 0 Å². The zero-order valence-corrected chi connectivity index (χ0v) is 17.9. The zero-order chi connectivity index (χ0) is 21.6. The van der Waals surface area contributed by atoms with Gasteiger partial charge in [-0.15, -0.1) is 0 Å². The Labute approximate surface area is 181 Å². The monoisotopic (exact) mass is 421 g/mol. The Kier molecular flexibility index (Phi) is 6.57. The summed E-state index contributed by atoms with van der Waals surface area (Å²) in [5.41, 5.74) is 1.96. The van der Waals surface area contributed by atoms with Crippen LogP contribution in [0.25, 0.3) is 11.4 Å². The van der Waals surface area contributed by atoms with Crippen molar-refractivity contribution in [3.63, 3.8) is 0 Å². The topological polar surface area (TPSA) is 93.4 Å². The molecule has 0 spiro atoms. The molecule has 8 nitrogen and oxygen atoms in total. The molecule has 0 saturated carbocycles. The van der Waals surface area contributed by atoms with Crippen LogP contribution in [0.5, 0.6) is 5.75 Å². The van der Waals surface area contributed by atoms with E-state index in [1.807, 2.05) is 50.2 Å². The maximum atomic E-state index is 12.5. The summed E-state index contributed by atoms with van der Waals surface area (Å²) in [4.78, 5) is 23.5. The van der Waals surface area contributed by atoms with Gasteiger partial charge in [0.25, 0.3) is 0 Å². The van der Waals surface area contributed by atoms with Crippen LogP contribution in [-0.2, 0) is 11.3 Å². The third kappa shape index (κ3) is 5.46. The number of benzene rings is 1. The summed E-state index contributed by atoms with van der Waals surface area (Å²) < 4.78 is 10.9. The van der Waals surface area contributed by atoms with Crippen molar-refractivity contribution >= 4 is 11.7 Å². The SMILES string of the molecule is CCOc1ccc(-c2noc(CN3CCC(C(=O)Nc4ccc(C)cn4)CC3)n2)cc1. The lowest BCUT2D eigenvalue weighted by atomic mass is 9.96. The number of ether oxygens (including phenoxy) is 1. The molecule has 1 aliphatic heterocycles. The average Bonchev–Trinajstić information content (AvgIpc) is 3.25. The minimum Gasteiger partial charge on any atom is -0.494 e. The van der Waals surface area contributed by atoms with Crippen LogP contribution in [-0.4, -0.2) is 45.6 Å². The predicted molar refractivity (Wildman–Crippen MR) is 117 cm³/mol. The van der Waals surface area contributed by atoms with Gasteiger partial charge in [-0.05, 0) is 75.7 Å². The highest BCUT2D eigenvalue weighted by molar-refractivity contribution is 5.91. The van der Waals surface area contributed by atoms with Crippen LogP contribution >= 0.6 is 0 Å². The molecule has 2 aromatic heterocycles. The lowest BCUT2D eigenvalue weighted by Crippen LogP contribution is -2.37. The van der Waals surface area contributed by atoms with Crippen molar-refractivity contribution in [2.45, 2.75) is 33.2 Å². The number of amides is 1. The van der Waals surface area contributed by atoms with E-state index in [4.69, 9.17) is 9.26 Å². The normalized spacial score (nSPS) is 15.0. The number of carbonyl (C=O) groups excluding carboxylic acids is 1. The van der Waals surface area contributed by atoms with Crippen molar-refractivity contribution in [2.24, 2.45) is 5.92 Å². The highest BCUT2D eigenvalue weighted by atomic mass is 16.5. The van der Waals surface area contributed by atoms with Crippen LogP contribution in [0.3, 0.4) is 0 Å². The first kappa shape index (κ1) is 21.0. The van der Waals surface area contributed by atoms with Gasteiger partial charge in [0.05, 0.1) is 13.2 Å². The average molecular weight is 422 g/mol. The largest absolute Gasteiger partial charge is 0.494 e. The number of piperidine rings is 1. The molecular formula is C23H27N5O3. The summed E-state index contributed by atoms with van der Waals surface area (Å²) in [5.74, 6) is 2.59. The van der Waals surface area contributed by atoms with Crippen molar-refractivity contribution < 1.29 is 14.1 Å². The van der Waals surface area contributed by atoms with Gasteiger partial charge in [-0.3, -0.25) is 9.69 Å².